The fourth-order valence-electron chi connectivity index (χ4n) is 3.04. The molecule has 1 aromatic heterocycles. The van der Waals surface area contributed by atoms with E-state index in [-0.39, 0.29) is 13.0 Å². The monoisotopic (exact) mass is 367 g/mol. The van der Waals surface area contributed by atoms with Gasteiger partial charge in [-0.3, -0.25) is 0 Å². The van der Waals surface area contributed by atoms with Crippen molar-refractivity contribution in [1.82, 2.24) is 15.0 Å². The number of carboxylic acid groups (broad SMARTS) is 1. The first-order valence-corrected chi connectivity index (χ1v) is 7.95. The summed E-state index contributed by atoms with van der Waals surface area (Å²) in [4.78, 5) is 11.3. The Balaban J connectivity index is 1.93. The van der Waals surface area contributed by atoms with E-state index in [9.17, 15) is 24.5 Å². The zero-order valence-electron chi connectivity index (χ0n) is 13.5. The number of carboxylic acids is 1. The van der Waals surface area contributed by atoms with E-state index >= 15 is 0 Å². The maximum atomic E-state index is 13.4. The third-order valence-electron chi connectivity index (χ3n) is 4.31. The predicted octanol–water partition coefficient (Wildman–Crippen LogP) is -0.419. The molecule has 1 fully saturated rings. The Labute approximate surface area is 147 Å². The number of aromatic nitrogens is 3. The maximum absolute atomic E-state index is 13.4. The minimum atomic E-state index is -1.60. The highest BCUT2D eigenvalue weighted by Gasteiger charge is 2.48. The number of aliphatic hydroxyl groups is 3. The van der Waals surface area contributed by atoms with E-state index in [4.69, 9.17) is 9.84 Å². The van der Waals surface area contributed by atoms with Gasteiger partial charge >= 0.3 is 5.97 Å². The van der Waals surface area contributed by atoms with Crippen molar-refractivity contribution in [2.24, 2.45) is 0 Å². The lowest BCUT2D eigenvalue weighted by molar-refractivity contribution is -0.211. The van der Waals surface area contributed by atoms with Gasteiger partial charge in [-0.1, -0.05) is 17.3 Å². The second kappa shape index (κ2) is 7.46. The van der Waals surface area contributed by atoms with Gasteiger partial charge in [0.05, 0.1) is 12.3 Å². The largest absolute Gasteiger partial charge is 0.479 e. The second-order valence-corrected chi connectivity index (χ2v) is 6.01. The molecule has 140 valence electrons. The Morgan fingerprint density at radius 3 is 2.73 bits per heavy atom. The van der Waals surface area contributed by atoms with Crippen LogP contribution in [0.5, 0.6) is 0 Å². The Kier molecular flexibility index (Phi) is 5.28. The fourth-order valence-corrected chi connectivity index (χ4v) is 3.04. The molecule has 3 rings (SSSR count). The number of aliphatic carboxylic acids is 1. The Bertz CT molecular complexity index is 785. The van der Waals surface area contributed by atoms with E-state index in [0.717, 1.165) is 4.68 Å². The van der Waals surface area contributed by atoms with E-state index < -0.39 is 42.2 Å². The third-order valence-corrected chi connectivity index (χ3v) is 4.31. The van der Waals surface area contributed by atoms with Crippen molar-refractivity contribution in [3.8, 4) is 11.3 Å². The standard InChI is InChI=1S/C16H18FN3O6/c17-9-3-1-2-8(6-9)10-7-20(19-18-10)12-13(22)11(4-5-21)26-15(14(12)23)16(24)25/h1-3,6-7,11-15,21-23H,4-5H2,(H,24,25)/t11-,12+,13+,14-,15-/m1/s1. The lowest BCUT2D eigenvalue weighted by Crippen LogP contribution is -2.57. The molecular weight excluding hydrogens is 349 g/mol. The van der Waals surface area contributed by atoms with Crippen LogP contribution >= 0.6 is 0 Å². The summed E-state index contributed by atoms with van der Waals surface area (Å²) in [5, 5.41) is 46.9. The average Bonchev–Trinajstić information content (AvgIpc) is 3.07. The first-order chi connectivity index (χ1) is 12.4. The second-order valence-electron chi connectivity index (χ2n) is 6.01. The molecule has 10 heteroatoms. The zero-order chi connectivity index (χ0) is 18.8. The van der Waals surface area contributed by atoms with Crippen LogP contribution in [0, 0.1) is 5.82 Å². The SMILES string of the molecule is O=C(O)[C@@H]1O[C@H](CCO)[C@H](O)[C@H](n2cc(-c3cccc(F)c3)nn2)[C@H]1O. The van der Waals surface area contributed by atoms with Crippen LogP contribution < -0.4 is 0 Å². The van der Waals surface area contributed by atoms with Crippen LogP contribution in [0.15, 0.2) is 30.5 Å². The van der Waals surface area contributed by atoms with Crippen LogP contribution in [0.25, 0.3) is 11.3 Å². The summed E-state index contributed by atoms with van der Waals surface area (Å²) in [6, 6.07) is 4.48. The summed E-state index contributed by atoms with van der Waals surface area (Å²) < 4.78 is 19.7. The minimum Gasteiger partial charge on any atom is -0.479 e. The molecule has 2 heterocycles. The van der Waals surface area contributed by atoms with E-state index in [1.54, 1.807) is 6.07 Å². The molecule has 1 aliphatic heterocycles. The average molecular weight is 367 g/mol. The number of hydrogen-bond acceptors (Lipinski definition) is 7. The van der Waals surface area contributed by atoms with Gasteiger partial charge in [0.25, 0.3) is 0 Å². The molecule has 0 aliphatic carbocycles. The van der Waals surface area contributed by atoms with Gasteiger partial charge in [0.2, 0.25) is 0 Å². The van der Waals surface area contributed by atoms with Crippen molar-refractivity contribution < 1.29 is 34.3 Å². The van der Waals surface area contributed by atoms with Crippen molar-refractivity contribution in [3.05, 3.63) is 36.3 Å². The normalized spacial score (nSPS) is 28.8. The molecular formula is C16H18FN3O6. The van der Waals surface area contributed by atoms with Gasteiger partial charge in [0.15, 0.2) is 6.10 Å². The topological polar surface area (TPSA) is 138 Å². The lowest BCUT2D eigenvalue weighted by atomic mass is 9.91. The summed E-state index contributed by atoms with van der Waals surface area (Å²) in [5.74, 6) is -1.86. The zero-order valence-corrected chi connectivity index (χ0v) is 13.5. The molecule has 0 amide bonds. The number of benzene rings is 1. The number of ether oxygens (including phenoxy) is 1. The molecule has 0 saturated carbocycles. The molecule has 0 bridgehead atoms. The highest BCUT2D eigenvalue weighted by atomic mass is 19.1. The highest BCUT2D eigenvalue weighted by Crippen LogP contribution is 2.32. The summed E-state index contributed by atoms with van der Waals surface area (Å²) in [6.07, 6.45) is -4.15. The van der Waals surface area contributed by atoms with Crippen molar-refractivity contribution >= 4 is 5.97 Å². The molecule has 0 unspecified atom stereocenters. The Hall–Kier alpha value is -2.40. The quantitative estimate of drug-likeness (QED) is 0.559. The number of halogens is 1. The number of nitrogens with zero attached hydrogens (tertiary/aromatic N) is 3. The molecule has 9 nitrogen and oxygen atoms in total. The van der Waals surface area contributed by atoms with E-state index in [1.807, 2.05) is 0 Å². The molecule has 26 heavy (non-hydrogen) atoms. The summed E-state index contributed by atoms with van der Waals surface area (Å²) >= 11 is 0. The number of hydrogen-bond donors (Lipinski definition) is 4. The minimum absolute atomic E-state index is 0.0143. The van der Waals surface area contributed by atoms with Crippen LogP contribution in [-0.4, -0.2) is 72.4 Å². The Morgan fingerprint density at radius 1 is 1.31 bits per heavy atom. The van der Waals surface area contributed by atoms with Crippen molar-refractivity contribution in [2.45, 2.75) is 36.9 Å². The van der Waals surface area contributed by atoms with Crippen LogP contribution in [0.1, 0.15) is 12.5 Å². The molecule has 0 radical (unpaired) electrons. The first kappa shape index (κ1) is 18.4. The predicted molar refractivity (Wildman–Crippen MR) is 84.5 cm³/mol. The van der Waals surface area contributed by atoms with Gasteiger partial charge in [0, 0.05) is 12.2 Å². The number of carbonyl (C=O) groups is 1. The summed E-state index contributed by atoms with van der Waals surface area (Å²) in [7, 11) is 0. The Morgan fingerprint density at radius 2 is 2.08 bits per heavy atom. The molecule has 2 aromatic rings. The molecule has 4 N–H and O–H groups in total. The van der Waals surface area contributed by atoms with Crippen molar-refractivity contribution in [3.63, 3.8) is 0 Å². The fraction of sp³-hybridized carbons (Fsp3) is 0.438. The van der Waals surface area contributed by atoms with Crippen LogP contribution in [-0.2, 0) is 9.53 Å². The van der Waals surface area contributed by atoms with E-state index in [0.29, 0.717) is 11.3 Å². The molecule has 5 atom stereocenters. The third kappa shape index (κ3) is 3.44. The molecule has 1 aliphatic rings. The van der Waals surface area contributed by atoms with Gasteiger partial charge in [-0.15, -0.1) is 5.10 Å². The molecule has 0 spiro atoms. The number of rotatable bonds is 5. The van der Waals surface area contributed by atoms with E-state index in [1.165, 1.54) is 24.4 Å². The maximum Gasteiger partial charge on any atom is 0.335 e. The highest BCUT2D eigenvalue weighted by molar-refractivity contribution is 5.73. The van der Waals surface area contributed by atoms with Crippen molar-refractivity contribution in [1.29, 1.82) is 0 Å². The van der Waals surface area contributed by atoms with Crippen LogP contribution in [0.3, 0.4) is 0 Å². The summed E-state index contributed by atoms with van der Waals surface area (Å²) in [6.45, 7) is -0.331. The summed E-state index contributed by atoms with van der Waals surface area (Å²) in [5.41, 5.74) is 0.731. The lowest BCUT2D eigenvalue weighted by Gasteiger charge is -2.41. The van der Waals surface area contributed by atoms with Crippen LogP contribution in [0.4, 0.5) is 4.39 Å². The number of aliphatic hydroxyl groups excluding tert-OH is 3. The van der Waals surface area contributed by atoms with Gasteiger partial charge in [-0.05, 0) is 18.6 Å². The smallest absolute Gasteiger partial charge is 0.335 e. The van der Waals surface area contributed by atoms with Crippen LogP contribution in [0.2, 0.25) is 0 Å². The van der Waals surface area contributed by atoms with Gasteiger partial charge in [0.1, 0.15) is 29.8 Å². The van der Waals surface area contributed by atoms with Gasteiger partial charge in [-0.25, -0.2) is 13.9 Å². The van der Waals surface area contributed by atoms with Crippen molar-refractivity contribution in [2.75, 3.05) is 6.61 Å². The van der Waals surface area contributed by atoms with Gasteiger partial charge in [-0.2, -0.15) is 0 Å². The first-order valence-electron chi connectivity index (χ1n) is 7.95. The van der Waals surface area contributed by atoms with E-state index in [2.05, 4.69) is 10.3 Å². The molecule has 1 aromatic carbocycles. The molecule has 1 saturated heterocycles. The van der Waals surface area contributed by atoms with Gasteiger partial charge < -0.3 is 25.2 Å².